The standard InChI is InChI=1S/C10H18N4O.ClH/c11-5-1-4-10(15)12-6-2-8-14-9-3-7-13-14;/h3,7,9H,1-2,4-6,8,11H2,(H,12,15);1H. The molecule has 1 heterocycles. The van der Waals surface area contributed by atoms with Gasteiger partial charge >= 0.3 is 0 Å². The van der Waals surface area contributed by atoms with E-state index in [1.807, 2.05) is 16.9 Å². The molecule has 0 radical (unpaired) electrons. The highest BCUT2D eigenvalue weighted by Gasteiger charge is 1.98. The van der Waals surface area contributed by atoms with Crippen LogP contribution in [0.25, 0.3) is 0 Å². The van der Waals surface area contributed by atoms with Crippen molar-refractivity contribution in [2.45, 2.75) is 25.8 Å². The fourth-order valence-electron chi connectivity index (χ4n) is 1.25. The molecule has 1 rings (SSSR count). The maximum Gasteiger partial charge on any atom is 0.220 e. The average Bonchev–Trinajstić information content (AvgIpc) is 2.74. The molecule has 0 aliphatic rings. The number of amides is 1. The molecule has 6 heteroatoms. The minimum Gasteiger partial charge on any atom is -0.356 e. The zero-order valence-corrected chi connectivity index (χ0v) is 10.1. The molecule has 0 fully saturated rings. The van der Waals surface area contributed by atoms with Gasteiger partial charge in [0.1, 0.15) is 0 Å². The van der Waals surface area contributed by atoms with Gasteiger partial charge in [0, 0.05) is 31.9 Å². The molecule has 1 amide bonds. The summed E-state index contributed by atoms with van der Waals surface area (Å²) in [5.74, 6) is 0.0842. The van der Waals surface area contributed by atoms with Crippen molar-refractivity contribution in [2.75, 3.05) is 13.1 Å². The van der Waals surface area contributed by atoms with Crippen molar-refractivity contribution in [3.63, 3.8) is 0 Å². The van der Waals surface area contributed by atoms with Gasteiger partial charge in [-0.3, -0.25) is 9.48 Å². The Hall–Kier alpha value is -1.07. The fraction of sp³-hybridized carbons (Fsp3) is 0.600. The number of carbonyl (C=O) groups is 1. The summed E-state index contributed by atoms with van der Waals surface area (Å²) in [7, 11) is 0. The van der Waals surface area contributed by atoms with Crippen molar-refractivity contribution >= 4 is 18.3 Å². The molecule has 0 saturated carbocycles. The van der Waals surface area contributed by atoms with Crippen LogP contribution in [0.2, 0.25) is 0 Å². The van der Waals surface area contributed by atoms with Gasteiger partial charge < -0.3 is 11.1 Å². The fourth-order valence-corrected chi connectivity index (χ4v) is 1.25. The summed E-state index contributed by atoms with van der Waals surface area (Å²) in [5.41, 5.74) is 5.30. The third kappa shape index (κ3) is 6.42. The molecule has 3 N–H and O–H groups in total. The summed E-state index contributed by atoms with van der Waals surface area (Å²) >= 11 is 0. The molecule has 92 valence electrons. The lowest BCUT2D eigenvalue weighted by Crippen LogP contribution is -2.25. The highest BCUT2D eigenvalue weighted by Crippen LogP contribution is 1.89. The second-order valence-corrected chi connectivity index (χ2v) is 3.36. The molecule has 0 spiro atoms. The molecule has 1 aromatic heterocycles. The van der Waals surface area contributed by atoms with Crippen LogP contribution in [0, 0.1) is 0 Å². The summed E-state index contributed by atoms with van der Waals surface area (Å²) in [5, 5.41) is 6.91. The monoisotopic (exact) mass is 246 g/mol. The van der Waals surface area contributed by atoms with Crippen LogP contribution < -0.4 is 11.1 Å². The maximum absolute atomic E-state index is 11.2. The number of rotatable bonds is 7. The number of carbonyl (C=O) groups excluding carboxylic acids is 1. The van der Waals surface area contributed by atoms with Crippen LogP contribution in [0.1, 0.15) is 19.3 Å². The molecule has 0 saturated heterocycles. The SMILES string of the molecule is Cl.NCCCC(=O)NCCCn1cccn1. The van der Waals surface area contributed by atoms with Crippen LogP contribution in [-0.2, 0) is 11.3 Å². The smallest absolute Gasteiger partial charge is 0.220 e. The molecular formula is C10H19ClN4O. The van der Waals surface area contributed by atoms with Crippen LogP contribution in [0.3, 0.4) is 0 Å². The first-order chi connectivity index (χ1) is 7.33. The number of nitrogens with two attached hydrogens (primary N) is 1. The van der Waals surface area contributed by atoms with E-state index >= 15 is 0 Å². The maximum atomic E-state index is 11.2. The van der Waals surface area contributed by atoms with Crippen molar-refractivity contribution in [2.24, 2.45) is 5.73 Å². The van der Waals surface area contributed by atoms with E-state index in [0.717, 1.165) is 19.4 Å². The van der Waals surface area contributed by atoms with Gasteiger partial charge in [0.15, 0.2) is 0 Å². The second-order valence-electron chi connectivity index (χ2n) is 3.36. The summed E-state index contributed by atoms with van der Waals surface area (Å²) in [6.45, 7) is 2.11. The molecule has 16 heavy (non-hydrogen) atoms. The lowest BCUT2D eigenvalue weighted by atomic mass is 10.3. The summed E-state index contributed by atoms with van der Waals surface area (Å²) in [4.78, 5) is 11.2. The molecule has 0 atom stereocenters. The molecular weight excluding hydrogens is 228 g/mol. The lowest BCUT2D eigenvalue weighted by molar-refractivity contribution is -0.121. The van der Waals surface area contributed by atoms with Gasteiger partial charge in [-0.2, -0.15) is 5.10 Å². The third-order valence-corrected chi connectivity index (χ3v) is 2.05. The Morgan fingerprint density at radius 1 is 1.44 bits per heavy atom. The van der Waals surface area contributed by atoms with Gasteiger partial charge in [-0.15, -0.1) is 12.4 Å². The van der Waals surface area contributed by atoms with Crippen molar-refractivity contribution in [3.8, 4) is 0 Å². The first-order valence-corrected chi connectivity index (χ1v) is 5.27. The summed E-state index contributed by atoms with van der Waals surface area (Å²) in [6.07, 6.45) is 5.84. The van der Waals surface area contributed by atoms with Crippen LogP contribution in [0.5, 0.6) is 0 Å². The molecule has 0 aliphatic carbocycles. The number of hydrogen-bond donors (Lipinski definition) is 2. The number of nitrogens with one attached hydrogen (secondary N) is 1. The lowest BCUT2D eigenvalue weighted by Gasteiger charge is -2.04. The quantitative estimate of drug-likeness (QED) is 0.690. The van der Waals surface area contributed by atoms with Gasteiger partial charge in [0.25, 0.3) is 0 Å². The van der Waals surface area contributed by atoms with Gasteiger partial charge in [0.05, 0.1) is 0 Å². The normalized spacial score (nSPS) is 9.56. The van der Waals surface area contributed by atoms with Crippen molar-refractivity contribution < 1.29 is 4.79 Å². The minimum atomic E-state index is 0. The van der Waals surface area contributed by atoms with E-state index in [1.165, 1.54) is 0 Å². The van der Waals surface area contributed by atoms with Gasteiger partial charge in [0.2, 0.25) is 5.91 Å². The van der Waals surface area contributed by atoms with Crippen LogP contribution in [-0.4, -0.2) is 28.8 Å². The predicted octanol–water partition coefficient (Wildman–Crippen LogP) is 0.550. The van der Waals surface area contributed by atoms with Crippen molar-refractivity contribution in [1.82, 2.24) is 15.1 Å². The molecule has 0 aliphatic heterocycles. The molecule has 0 bridgehead atoms. The van der Waals surface area contributed by atoms with Gasteiger partial charge in [-0.05, 0) is 25.5 Å². The second kappa shape index (κ2) is 9.18. The zero-order valence-electron chi connectivity index (χ0n) is 9.26. The van der Waals surface area contributed by atoms with Crippen LogP contribution in [0.15, 0.2) is 18.5 Å². The number of aryl methyl sites for hydroxylation is 1. The van der Waals surface area contributed by atoms with Crippen molar-refractivity contribution in [1.29, 1.82) is 0 Å². The Morgan fingerprint density at radius 3 is 2.88 bits per heavy atom. The number of halogens is 1. The highest BCUT2D eigenvalue weighted by molar-refractivity contribution is 5.85. The van der Waals surface area contributed by atoms with E-state index in [4.69, 9.17) is 5.73 Å². The van der Waals surface area contributed by atoms with E-state index in [1.54, 1.807) is 6.20 Å². The predicted molar refractivity (Wildman–Crippen MR) is 65.4 cm³/mol. The average molecular weight is 247 g/mol. The minimum absolute atomic E-state index is 0. The molecule has 1 aromatic rings. The number of nitrogens with zero attached hydrogens (tertiary/aromatic N) is 2. The van der Waals surface area contributed by atoms with Crippen LogP contribution in [0.4, 0.5) is 0 Å². The van der Waals surface area contributed by atoms with E-state index in [9.17, 15) is 4.79 Å². The largest absolute Gasteiger partial charge is 0.356 e. The first kappa shape index (κ1) is 14.9. The molecule has 0 aromatic carbocycles. The molecule has 5 nitrogen and oxygen atoms in total. The summed E-state index contributed by atoms with van der Waals surface area (Å²) < 4.78 is 1.85. The first-order valence-electron chi connectivity index (χ1n) is 5.27. The number of hydrogen-bond acceptors (Lipinski definition) is 3. The third-order valence-electron chi connectivity index (χ3n) is 2.05. The Bertz CT molecular complexity index is 276. The van der Waals surface area contributed by atoms with Crippen LogP contribution >= 0.6 is 12.4 Å². The van der Waals surface area contributed by atoms with Gasteiger partial charge in [-0.25, -0.2) is 0 Å². The summed E-state index contributed by atoms with van der Waals surface area (Å²) in [6, 6.07) is 1.89. The van der Waals surface area contributed by atoms with E-state index in [2.05, 4.69) is 10.4 Å². The Balaban J connectivity index is 0.00000225. The Morgan fingerprint density at radius 2 is 2.25 bits per heavy atom. The van der Waals surface area contributed by atoms with E-state index in [0.29, 0.717) is 19.5 Å². The van der Waals surface area contributed by atoms with E-state index < -0.39 is 0 Å². The van der Waals surface area contributed by atoms with Gasteiger partial charge in [-0.1, -0.05) is 0 Å². The number of aromatic nitrogens is 2. The van der Waals surface area contributed by atoms with Crippen molar-refractivity contribution in [3.05, 3.63) is 18.5 Å². The Labute approximate surface area is 102 Å². The zero-order chi connectivity index (χ0) is 10.9. The van der Waals surface area contributed by atoms with E-state index in [-0.39, 0.29) is 18.3 Å². The highest BCUT2D eigenvalue weighted by atomic mass is 35.5. The Kier molecular flexibility index (Phi) is 8.56. The topological polar surface area (TPSA) is 72.9 Å². The molecule has 0 unspecified atom stereocenters.